The molecule has 2 atom stereocenters. The molecule has 3 rings (SSSR count). The second-order valence-corrected chi connectivity index (χ2v) is 9.18. The molecule has 208 valence electrons. The molecule has 6 nitrogen and oxygen atoms in total. The van der Waals surface area contributed by atoms with Gasteiger partial charge in [-0.25, -0.2) is 9.59 Å². The fourth-order valence-electron chi connectivity index (χ4n) is 4.58. The quantitative estimate of drug-likeness (QED) is 0.375. The lowest BCUT2D eigenvalue weighted by Gasteiger charge is -2.43. The van der Waals surface area contributed by atoms with Gasteiger partial charge in [0.25, 0.3) is 0 Å². The number of methoxy groups -OCH3 is 1. The molecule has 0 radical (unpaired) electrons. The fourth-order valence-corrected chi connectivity index (χ4v) is 4.58. The van der Waals surface area contributed by atoms with Crippen molar-refractivity contribution >= 4 is 17.9 Å². The van der Waals surface area contributed by atoms with Crippen molar-refractivity contribution in [3.05, 3.63) is 63.7 Å². The molecule has 2 amide bonds. The number of benzene rings is 2. The standard InChI is InChI=1S/C26H28F6N2O4/c1-6-38-24(36)34-16(4)9-21(20-7-14(2)15(3)8-22(20)34)33(23(35)37-5)13-17-10-18(25(27,28)29)12-19(11-17)26(30,31)32/h7-8,10-12,16,21H,6,9,13H2,1-5H3/t16-,21+/m0/s1. The summed E-state index contributed by atoms with van der Waals surface area (Å²) in [6.45, 7) is 6.53. The van der Waals surface area contributed by atoms with Crippen LogP contribution in [0.15, 0.2) is 30.3 Å². The van der Waals surface area contributed by atoms with Crippen molar-refractivity contribution in [3.63, 3.8) is 0 Å². The van der Waals surface area contributed by atoms with Crippen LogP contribution in [0, 0.1) is 13.8 Å². The third kappa shape index (κ3) is 5.99. The van der Waals surface area contributed by atoms with E-state index in [0.29, 0.717) is 23.4 Å². The van der Waals surface area contributed by atoms with E-state index in [1.807, 2.05) is 13.8 Å². The maximum Gasteiger partial charge on any atom is 0.416 e. The van der Waals surface area contributed by atoms with Gasteiger partial charge < -0.3 is 9.47 Å². The number of alkyl halides is 6. The summed E-state index contributed by atoms with van der Waals surface area (Å²) in [6, 6.07) is 3.36. The van der Waals surface area contributed by atoms with Gasteiger partial charge in [-0.15, -0.1) is 0 Å². The summed E-state index contributed by atoms with van der Waals surface area (Å²) in [4.78, 5) is 28.2. The molecule has 1 heterocycles. The molecule has 0 N–H and O–H groups in total. The molecule has 0 bridgehead atoms. The molecule has 38 heavy (non-hydrogen) atoms. The third-order valence-corrected chi connectivity index (χ3v) is 6.52. The first-order chi connectivity index (χ1) is 17.6. The van der Waals surface area contributed by atoms with E-state index >= 15 is 0 Å². The van der Waals surface area contributed by atoms with Crippen LogP contribution in [-0.4, -0.2) is 36.8 Å². The van der Waals surface area contributed by atoms with Crippen LogP contribution in [0.2, 0.25) is 0 Å². The molecule has 1 aliphatic heterocycles. The Bertz CT molecular complexity index is 1180. The second kappa shape index (κ2) is 10.7. The lowest BCUT2D eigenvalue weighted by molar-refractivity contribution is -0.143. The summed E-state index contributed by atoms with van der Waals surface area (Å²) in [6.07, 6.45) is -11.5. The first-order valence-electron chi connectivity index (χ1n) is 11.8. The first-order valence-corrected chi connectivity index (χ1v) is 11.8. The Labute approximate surface area is 216 Å². The van der Waals surface area contributed by atoms with Crippen molar-refractivity contribution < 1.29 is 45.4 Å². The monoisotopic (exact) mass is 546 g/mol. The van der Waals surface area contributed by atoms with Crippen molar-refractivity contribution in [2.75, 3.05) is 18.6 Å². The minimum Gasteiger partial charge on any atom is -0.453 e. The molecular weight excluding hydrogens is 518 g/mol. The Balaban J connectivity index is 2.16. The van der Waals surface area contributed by atoms with Gasteiger partial charge in [-0.2, -0.15) is 26.3 Å². The number of amides is 2. The highest BCUT2D eigenvalue weighted by atomic mass is 19.4. The van der Waals surface area contributed by atoms with Crippen molar-refractivity contribution in [1.29, 1.82) is 0 Å². The number of carbonyl (C=O) groups is 2. The Morgan fingerprint density at radius 2 is 1.53 bits per heavy atom. The molecule has 0 fully saturated rings. The molecule has 0 unspecified atom stereocenters. The maximum atomic E-state index is 13.4. The lowest BCUT2D eigenvalue weighted by Crippen LogP contribution is -2.47. The maximum absolute atomic E-state index is 13.4. The van der Waals surface area contributed by atoms with Crippen molar-refractivity contribution in [2.24, 2.45) is 0 Å². The number of nitrogens with zero attached hydrogens (tertiary/aromatic N) is 2. The summed E-state index contributed by atoms with van der Waals surface area (Å²) in [5.41, 5.74) is -0.757. The molecule has 0 aromatic heterocycles. The second-order valence-electron chi connectivity index (χ2n) is 9.18. The zero-order valence-corrected chi connectivity index (χ0v) is 21.5. The van der Waals surface area contributed by atoms with Crippen molar-refractivity contribution in [1.82, 2.24) is 4.90 Å². The van der Waals surface area contributed by atoms with Crippen LogP contribution in [0.3, 0.4) is 0 Å². The fraction of sp³-hybridized carbons (Fsp3) is 0.462. The molecule has 0 spiro atoms. The number of fused-ring (bicyclic) bond motifs is 1. The van der Waals surface area contributed by atoms with E-state index in [1.54, 1.807) is 26.0 Å². The van der Waals surface area contributed by atoms with E-state index in [1.165, 1.54) is 4.90 Å². The Morgan fingerprint density at radius 1 is 0.974 bits per heavy atom. The van der Waals surface area contributed by atoms with Crippen LogP contribution >= 0.6 is 0 Å². The van der Waals surface area contributed by atoms with Gasteiger partial charge in [0.05, 0.1) is 36.6 Å². The number of carbonyl (C=O) groups excluding carboxylic acids is 2. The number of aryl methyl sites for hydroxylation is 2. The minimum atomic E-state index is -5.03. The summed E-state index contributed by atoms with van der Waals surface area (Å²) >= 11 is 0. The van der Waals surface area contributed by atoms with Gasteiger partial charge in [0.1, 0.15) is 0 Å². The smallest absolute Gasteiger partial charge is 0.416 e. The molecule has 0 aliphatic carbocycles. The summed E-state index contributed by atoms with van der Waals surface area (Å²) in [5.74, 6) is 0. The van der Waals surface area contributed by atoms with E-state index in [-0.39, 0.29) is 24.7 Å². The highest BCUT2D eigenvalue weighted by Crippen LogP contribution is 2.43. The highest BCUT2D eigenvalue weighted by Gasteiger charge is 2.41. The first kappa shape index (κ1) is 29.1. The molecular formula is C26H28F6N2O4. The molecule has 12 heteroatoms. The Kier molecular flexibility index (Phi) is 8.23. The number of rotatable bonds is 4. The van der Waals surface area contributed by atoms with Crippen LogP contribution in [0.25, 0.3) is 0 Å². The van der Waals surface area contributed by atoms with E-state index in [9.17, 15) is 35.9 Å². The number of halogens is 6. The van der Waals surface area contributed by atoms with Gasteiger partial charge in [0.2, 0.25) is 0 Å². The van der Waals surface area contributed by atoms with Gasteiger partial charge in [0, 0.05) is 12.6 Å². The summed E-state index contributed by atoms with van der Waals surface area (Å²) in [5, 5.41) is 0. The zero-order chi connectivity index (χ0) is 28.6. The lowest BCUT2D eigenvalue weighted by atomic mass is 9.88. The molecule has 2 aromatic rings. The predicted molar refractivity (Wildman–Crippen MR) is 127 cm³/mol. The number of hydrogen-bond donors (Lipinski definition) is 0. The van der Waals surface area contributed by atoms with Crippen LogP contribution in [0.4, 0.5) is 41.6 Å². The van der Waals surface area contributed by atoms with Gasteiger partial charge in [-0.3, -0.25) is 9.80 Å². The SMILES string of the molecule is CCOC(=O)N1c2cc(C)c(C)cc2[C@H](N(Cc2cc(C(F)(F)F)cc(C(F)(F)F)c2)C(=O)OC)C[C@@H]1C. The number of anilines is 1. The van der Waals surface area contributed by atoms with E-state index in [4.69, 9.17) is 9.47 Å². The average molecular weight is 547 g/mol. The van der Waals surface area contributed by atoms with E-state index in [2.05, 4.69) is 0 Å². The molecule has 0 saturated heterocycles. The van der Waals surface area contributed by atoms with E-state index in [0.717, 1.165) is 23.1 Å². The molecule has 0 saturated carbocycles. The largest absolute Gasteiger partial charge is 0.453 e. The minimum absolute atomic E-state index is 0.0350. The predicted octanol–water partition coefficient (Wildman–Crippen LogP) is 7.41. The van der Waals surface area contributed by atoms with Crippen LogP contribution in [0.5, 0.6) is 0 Å². The summed E-state index contributed by atoms with van der Waals surface area (Å²) in [7, 11) is 1.07. The van der Waals surface area contributed by atoms with E-state index < -0.39 is 54.3 Å². The highest BCUT2D eigenvalue weighted by molar-refractivity contribution is 5.90. The number of hydrogen-bond acceptors (Lipinski definition) is 4. The normalized spacial score (nSPS) is 17.6. The Hall–Kier alpha value is -3.44. The van der Waals surface area contributed by atoms with Gasteiger partial charge in [0.15, 0.2) is 0 Å². The summed E-state index contributed by atoms with van der Waals surface area (Å²) < 4.78 is 90.7. The van der Waals surface area contributed by atoms with Crippen LogP contribution < -0.4 is 4.90 Å². The topological polar surface area (TPSA) is 59.1 Å². The third-order valence-electron chi connectivity index (χ3n) is 6.52. The van der Waals surface area contributed by atoms with Crippen LogP contribution in [0.1, 0.15) is 59.7 Å². The Morgan fingerprint density at radius 3 is 2.03 bits per heavy atom. The average Bonchev–Trinajstić information content (AvgIpc) is 2.81. The van der Waals surface area contributed by atoms with Crippen molar-refractivity contribution in [3.8, 4) is 0 Å². The van der Waals surface area contributed by atoms with Crippen LogP contribution in [-0.2, 0) is 28.4 Å². The van der Waals surface area contributed by atoms with Gasteiger partial charge >= 0.3 is 24.5 Å². The van der Waals surface area contributed by atoms with Crippen molar-refractivity contribution in [2.45, 2.75) is 65.1 Å². The van der Waals surface area contributed by atoms with Gasteiger partial charge in [-0.1, -0.05) is 6.07 Å². The zero-order valence-electron chi connectivity index (χ0n) is 21.5. The number of ether oxygens (including phenoxy) is 2. The van der Waals surface area contributed by atoms with Gasteiger partial charge in [-0.05, 0) is 80.6 Å². The molecule has 1 aliphatic rings. The molecule has 2 aromatic carbocycles.